The van der Waals surface area contributed by atoms with Crippen LogP contribution in [0.5, 0.6) is 0 Å². The van der Waals surface area contributed by atoms with Gasteiger partial charge < -0.3 is 20.5 Å². The molecule has 0 saturated carbocycles. The lowest BCUT2D eigenvalue weighted by Gasteiger charge is -2.26. The molecule has 0 aromatic heterocycles. The van der Waals surface area contributed by atoms with Gasteiger partial charge in [-0.2, -0.15) is 0 Å². The normalized spacial score (nSPS) is 15.9. The molecular weight excluding hydrogens is 332 g/mol. The van der Waals surface area contributed by atoms with Gasteiger partial charge in [0.25, 0.3) is 5.91 Å². The van der Waals surface area contributed by atoms with E-state index in [1.165, 1.54) is 6.08 Å². The van der Waals surface area contributed by atoms with Crippen molar-refractivity contribution in [2.24, 2.45) is 11.8 Å². The molecular formula is C20H28N2O4. The second-order valence-electron chi connectivity index (χ2n) is 6.63. The van der Waals surface area contributed by atoms with Gasteiger partial charge in [0.1, 0.15) is 0 Å². The van der Waals surface area contributed by atoms with E-state index in [-0.39, 0.29) is 30.9 Å². The van der Waals surface area contributed by atoms with Gasteiger partial charge in [-0.1, -0.05) is 24.8 Å². The summed E-state index contributed by atoms with van der Waals surface area (Å²) in [5, 5.41) is 15.2. The van der Waals surface area contributed by atoms with E-state index in [1.807, 2.05) is 12.1 Å². The van der Waals surface area contributed by atoms with Crippen molar-refractivity contribution < 1.29 is 19.4 Å². The van der Waals surface area contributed by atoms with E-state index in [9.17, 15) is 14.7 Å². The van der Waals surface area contributed by atoms with E-state index in [2.05, 4.69) is 17.2 Å². The van der Waals surface area contributed by atoms with Crippen molar-refractivity contribution in [3.63, 3.8) is 0 Å². The Hall–Kier alpha value is -2.18. The summed E-state index contributed by atoms with van der Waals surface area (Å²) in [6.07, 6.45) is 4.11. The van der Waals surface area contributed by atoms with E-state index in [0.717, 1.165) is 38.0 Å². The summed E-state index contributed by atoms with van der Waals surface area (Å²) in [5.41, 5.74) is 1.27. The number of aliphatic hydroxyl groups is 1. The molecule has 2 rings (SSSR count). The first kappa shape index (κ1) is 20.1. The standard InChI is InChI=1S/C20H28N2O4/c1-2-19(24)21-13-17-5-3-4-6-18(17)20(25)22-12-16(14-23)11-15-7-9-26-10-8-15/h2-6,15-16,23H,1,7-14H2,(H,21,24)(H,22,25). The second kappa shape index (κ2) is 10.7. The molecule has 0 bridgehead atoms. The quantitative estimate of drug-likeness (QED) is 0.584. The predicted molar refractivity (Wildman–Crippen MR) is 99.6 cm³/mol. The Balaban J connectivity index is 1.89. The zero-order valence-electron chi connectivity index (χ0n) is 15.1. The molecule has 1 aliphatic heterocycles. The maximum atomic E-state index is 12.5. The maximum Gasteiger partial charge on any atom is 0.251 e. The van der Waals surface area contributed by atoms with Crippen molar-refractivity contribution in [1.29, 1.82) is 0 Å². The fourth-order valence-corrected chi connectivity index (χ4v) is 3.16. The van der Waals surface area contributed by atoms with E-state index in [0.29, 0.717) is 18.0 Å². The number of aliphatic hydroxyl groups excluding tert-OH is 1. The topological polar surface area (TPSA) is 87.7 Å². The number of nitrogens with one attached hydrogen (secondary N) is 2. The Morgan fingerprint density at radius 1 is 1.27 bits per heavy atom. The van der Waals surface area contributed by atoms with Gasteiger partial charge in [-0.05, 0) is 48.8 Å². The van der Waals surface area contributed by atoms with Crippen molar-refractivity contribution in [2.45, 2.75) is 25.8 Å². The van der Waals surface area contributed by atoms with Crippen LogP contribution in [0.3, 0.4) is 0 Å². The van der Waals surface area contributed by atoms with Gasteiger partial charge >= 0.3 is 0 Å². The summed E-state index contributed by atoms with van der Waals surface area (Å²) in [7, 11) is 0. The van der Waals surface area contributed by atoms with Crippen LogP contribution in [0.2, 0.25) is 0 Å². The third kappa shape index (κ3) is 6.28. The molecule has 1 aromatic carbocycles. The summed E-state index contributed by atoms with van der Waals surface area (Å²) in [6.45, 7) is 5.71. The highest BCUT2D eigenvalue weighted by Gasteiger charge is 2.20. The van der Waals surface area contributed by atoms with Crippen LogP contribution in [0.15, 0.2) is 36.9 Å². The molecule has 1 aliphatic rings. The highest BCUT2D eigenvalue weighted by molar-refractivity contribution is 5.96. The average molecular weight is 360 g/mol. The average Bonchev–Trinajstić information content (AvgIpc) is 2.69. The number of carbonyl (C=O) groups is 2. The van der Waals surface area contributed by atoms with Crippen LogP contribution in [-0.4, -0.2) is 43.3 Å². The fourth-order valence-electron chi connectivity index (χ4n) is 3.16. The van der Waals surface area contributed by atoms with Crippen molar-refractivity contribution in [3.8, 4) is 0 Å². The van der Waals surface area contributed by atoms with E-state index >= 15 is 0 Å². The zero-order valence-corrected chi connectivity index (χ0v) is 15.1. The lowest BCUT2D eigenvalue weighted by Crippen LogP contribution is -2.33. The van der Waals surface area contributed by atoms with Gasteiger partial charge in [-0.3, -0.25) is 9.59 Å². The Labute approximate surface area is 154 Å². The van der Waals surface area contributed by atoms with Crippen LogP contribution in [0.1, 0.15) is 35.2 Å². The van der Waals surface area contributed by atoms with Crippen LogP contribution in [0.4, 0.5) is 0 Å². The van der Waals surface area contributed by atoms with E-state index in [4.69, 9.17) is 4.74 Å². The number of hydrogen-bond acceptors (Lipinski definition) is 4. The maximum absolute atomic E-state index is 12.5. The summed E-state index contributed by atoms with van der Waals surface area (Å²) < 4.78 is 5.36. The Morgan fingerprint density at radius 3 is 2.69 bits per heavy atom. The van der Waals surface area contributed by atoms with Crippen LogP contribution < -0.4 is 10.6 Å². The van der Waals surface area contributed by atoms with Crippen LogP contribution in [0, 0.1) is 11.8 Å². The summed E-state index contributed by atoms with van der Waals surface area (Å²) in [6, 6.07) is 7.16. The minimum Gasteiger partial charge on any atom is -0.396 e. The number of amides is 2. The lowest BCUT2D eigenvalue weighted by atomic mass is 9.89. The van der Waals surface area contributed by atoms with Crippen molar-refractivity contribution in [3.05, 3.63) is 48.0 Å². The van der Waals surface area contributed by atoms with Gasteiger partial charge in [0.15, 0.2) is 0 Å². The van der Waals surface area contributed by atoms with Crippen molar-refractivity contribution in [1.82, 2.24) is 10.6 Å². The summed E-state index contributed by atoms with van der Waals surface area (Å²) >= 11 is 0. The first-order valence-corrected chi connectivity index (χ1v) is 9.09. The third-order valence-electron chi connectivity index (χ3n) is 4.72. The molecule has 6 heteroatoms. The first-order chi connectivity index (χ1) is 12.6. The SMILES string of the molecule is C=CC(=O)NCc1ccccc1C(=O)NCC(CO)CC1CCOCC1. The highest BCUT2D eigenvalue weighted by Crippen LogP contribution is 2.22. The lowest BCUT2D eigenvalue weighted by molar-refractivity contribution is -0.116. The number of hydrogen-bond donors (Lipinski definition) is 3. The van der Waals surface area contributed by atoms with Gasteiger partial charge in [0.2, 0.25) is 5.91 Å². The molecule has 2 amide bonds. The molecule has 142 valence electrons. The van der Waals surface area contributed by atoms with Gasteiger partial charge in [0.05, 0.1) is 0 Å². The van der Waals surface area contributed by atoms with Crippen molar-refractivity contribution >= 4 is 11.8 Å². The predicted octanol–water partition coefficient (Wildman–Crippen LogP) is 1.64. The number of rotatable bonds is 9. The minimum atomic E-state index is -0.281. The molecule has 6 nitrogen and oxygen atoms in total. The molecule has 26 heavy (non-hydrogen) atoms. The Bertz CT molecular complexity index is 612. The molecule has 0 aliphatic carbocycles. The summed E-state index contributed by atoms with van der Waals surface area (Å²) in [4.78, 5) is 23.9. The summed E-state index contributed by atoms with van der Waals surface area (Å²) in [5.74, 6) is 0.102. The van der Waals surface area contributed by atoms with Crippen molar-refractivity contribution in [2.75, 3.05) is 26.4 Å². The fraction of sp³-hybridized carbons (Fsp3) is 0.500. The Morgan fingerprint density at radius 2 is 2.00 bits per heavy atom. The number of carbonyl (C=O) groups excluding carboxylic acids is 2. The monoisotopic (exact) mass is 360 g/mol. The van der Waals surface area contributed by atoms with Crippen LogP contribution >= 0.6 is 0 Å². The van der Waals surface area contributed by atoms with Gasteiger partial charge in [-0.15, -0.1) is 0 Å². The molecule has 1 fully saturated rings. The molecule has 1 aromatic rings. The molecule has 1 heterocycles. The molecule has 1 atom stereocenters. The first-order valence-electron chi connectivity index (χ1n) is 9.09. The second-order valence-corrected chi connectivity index (χ2v) is 6.63. The molecule has 3 N–H and O–H groups in total. The number of ether oxygens (including phenoxy) is 1. The molecule has 0 spiro atoms. The number of benzene rings is 1. The van der Waals surface area contributed by atoms with Crippen LogP contribution in [0.25, 0.3) is 0 Å². The van der Waals surface area contributed by atoms with Crippen LogP contribution in [-0.2, 0) is 16.1 Å². The zero-order chi connectivity index (χ0) is 18.8. The highest BCUT2D eigenvalue weighted by atomic mass is 16.5. The van der Waals surface area contributed by atoms with Gasteiger partial charge in [0, 0.05) is 38.5 Å². The van der Waals surface area contributed by atoms with E-state index < -0.39 is 0 Å². The minimum absolute atomic E-state index is 0.0367. The third-order valence-corrected chi connectivity index (χ3v) is 4.72. The van der Waals surface area contributed by atoms with E-state index in [1.54, 1.807) is 12.1 Å². The smallest absolute Gasteiger partial charge is 0.251 e. The molecule has 1 saturated heterocycles. The molecule has 1 unspecified atom stereocenters. The largest absolute Gasteiger partial charge is 0.396 e. The molecule has 0 radical (unpaired) electrons. The Kier molecular flexibility index (Phi) is 8.31. The van der Waals surface area contributed by atoms with Gasteiger partial charge in [-0.25, -0.2) is 0 Å².